The molecule has 110 valence electrons. The molecule has 1 N–H and O–H groups in total. The van der Waals surface area contributed by atoms with E-state index in [1.54, 1.807) is 12.5 Å². The Morgan fingerprint density at radius 1 is 1.30 bits per heavy atom. The summed E-state index contributed by atoms with van der Waals surface area (Å²) in [5.41, 5.74) is 2.57. The smallest absolute Gasteiger partial charge is 0.0961 e. The Morgan fingerprint density at radius 3 is 2.70 bits per heavy atom. The van der Waals surface area contributed by atoms with Crippen LogP contribution in [0.25, 0.3) is 0 Å². The van der Waals surface area contributed by atoms with Crippen LogP contribution in [0.1, 0.15) is 32.1 Å². The third-order valence-corrected chi connectivity index (χ3v) is 5.20. The Labute approximate surface area is 122 Å². The third kappa shape index (κ3) is 3.35. The summed E-state index contributed by atoms with van der Waals surface area (Å²) in [5.74, 6) is 0.790. The lowest BCUT2D eigenvalue weighted by molar-refractivity contribution is 0.491. The van der Waals surface area contributed by atoms with Crippen molar-refractivity contribution in [2.24, 2.45) is 15.7 Å². The minimum atomic E-state index is -2.11. The molecule has 1 unspecified atom stereocenters. The van der Waals surface area contributed by atoms with Gasteiger partial charge in [0, 0.05) is 28.8 Å². The fourth-order valence-corrected chi connectivity index (χ4v) is 3.96. The van der Waals surface area contributed by atoms with Gasteiger partial charge in [-0.3, -0.25) is 0 Å². The minimum Gasteiger partial charge on any atom is -0.383 e. The Balaban J connectivity index is 1.67. The molecule has 1 aromatic carbocycles. The number of rotatable bonds is 4. The molecule has 3 rings (SSSR count). The van der Waals surface area contributed by atoms with Crippen LogP contribution in [0.5, 0.6) is 0 Å². The second-order valence-electron chi connectivity index (χ2n) is 6.78. The number of para-hydroxylation sites is 1. The van der Waals surface area contributed by atoms with Gasteiger partial charge >= 0.3 is 0 Å². The van der Waals surface area contributed by atoms with Crippen molar-refractivity contribution in [2.75, 3.05) is 24.4 Å². The minimum absolute atomic E-state index is 0.734. The predicted molar refractivity (Wildman–Crippen MR) is 86.0 cm³/mol. The fraction of sp³-hybridized carbons (Fsp3) is 0.625. The number of anilines is 1. The van der Waals surface area contributed by atoms with Crippen molar-refractivity contribution >= 4 is 21.1 Å². The highest BCUT2D eigenvalue weighted by Crippen LogP contribution is 2.59. The highest BCUT2D eigenvalue weighted by molar-refractivity contribution is 7.92. The molecule has 0 heterocycles. The summed E-state index contributed by atoms with van der Waals surface area (Å²) < 4.78 is 16.2. The number of nitrogens with one attached hydrogen (secondary N) is 1. The van der Waals surface area contributed by atoms with Gasteiger partial charge in [-0.05, 0) is 55.6 Å². The van der Waals surface area contributed by atoms with E-state index in [-0.39, 0.29) is 0 Å². The molecule has 0 saturated heterocycles. The highest BCUT2D eigenvalue weighted by Gasteiger charge is 2.47. The summed E-state index contributed by atoms with van der Waals surface area (Å²) in [4.78, 5) is 0. The summed E-state index contributed by atoms with van der Waals surface area (Å²) >= 11 is 0. The van der Waals surface area contributed by atoms with Gasteiger partial charge in [-0.25, -0.2) is 4.21 Å². The lowest BCUT2D eigenvalue weighted by Crippen LogP contribution is -2.12. The Bertz CT molecular complexity index is 605. The topological polar surface area (TPSA) is 41.5 Å². The molecule has 1 spiro atoms. The maximum absolute atomic E-state index is 11.9. The zero-order valence-corrected chi connectivity index (χ0v) is 13.2. The van der Waals surface area contributed by atoms with Gasteiger partial charge in [0.2, 0.25) is 0 Å². The molecule has 2 saturated carbocycles. The van der Waals surface area contributed by atoms with Gasteiger partial charge < -0.3 is 5.32 Å². The summed E-state index contributed by atoms with van der Waals surface area (Å²) in [6.45, 7) is 1.02. The Hall–Kier alpha value is -1.03. The van der Waals surface area contributed by atoms with Crippen LogP contribution in [0.2, 0.25) is 0 Å². The van der Waals surface area contributed by atoms with Crippen LogP contribution in [-0.4, -0.2) is 23.3 Å². The van der Waals surface area contributed by atoms with Crippen molar-refractivity contribution < 1.29 is 4.21 Å². The van der Waals surface area contributed by atoms with Crippen LogP contribution in [0.4, 0.5) is 11.4 Å². The van der Waals surface area contributed by atoms with E-state index in [1.165, 1.54) is 32.1 Å². The number of benzene rings is 1. The first kappa shape index (κ1) is 13.9. The van der Waals surface area contributed by atoms with Gasteiger partial charge in [0.15, 0.2) is 0 Å². The third-order valence-electron chi connectivity index (χ3n) is 4.57. The summed E-state index contributed by atoms with van der Waals surface area (Å²) in [7, 11) is -2.11. The van der Waals surface area contributed by atoms with Gasteiger partial charge in [-0.15, -0.1) is 0 Å². The fourth-order valence-electron chi connectivity index (χ4n) is 3.33. The molecule has 1 atom stereocenters. The SMILES string of the molecule is CS(C)(=O)=Nc1ccccc1NCC1CCC2(CC2)C1. The molecule has 0 aromatic heterocycles. The van der Waals surface area contributed by atoms with Gasteiger partial charge in [0.25, 0.3) is 0 Å². The van der Waals surface area contributed by atoms with Crippen molar-refractivity contribution in [3.63, 3.8) is 0 Å². The van der Waals surface area contributed by atoms with Gasteiger partial charge in [-0.1, -0.05) is 12.1 Å². The Kier molecular flexibility index (Phi) is 3.53. The van der Waals surface area contributed by atoms with Crippen molar-refractivity contribution in [3.8, 4) is 0 Å². The number of hydrogen-bond acceptors (Lipinski definition) is 3. The lowest BCUT2D eigenvalue weighted by Gasteiger charge is -2.14. The quantitative estimate of drug-likeness (QED) is 0.910. The van der Waals surface area contributed by atoms with Crippen molar-refractivity contribution in [1.29, 1.82) is 0 Å². The molecule has 0 bridgehead atoms. The molecule has 3 nitrogen and oxygen atoms in total. The molecule has 0 aliphatic heterocycles. The summed E-state index contributed by atoms with van der Waals surface area (Å²) in [6, 6.07) is 7.92. The molecular weight excluding hydrogens is 268 g/mol. The molecule has 2 aliphatic carbocycles. The van der Waals surface area contributed by atoms with E-state index >= 15 is 0 Å². The van der Waals surface area contributed by atoms with E-state index in [0.29, 0.717) is 0 Å². The lowest BCUT2D eigenvalue weighted by atomic mass is 10.0. The average Bonchev–Trinajstić information content (AvgIpc) is 2.99. The maximum Gasteiger partial charge on any atom is 0.0961 e. The molecule has 0 radical (unpaired) electrons. The molecule has 0 amide bonds. The summed E-state index contributed by atoms with van der Waals surface area (Å²) in [6.07, 6.45) is 10.4. The molecule has 4 heteroatoms. The second-order valence-corrected chi connectivity index (χ2v) is 9.32. The van der Waals surface area contributed by atoms with E-state index in [2.05, 4.69) is 9.68 Å². The molecule has 1 aromatic rings. The van der Waals surface area contributed by atoms with Crippen LogP contribution < -0.4 is 5.32 Å². The summed E-state index contributed by atoms with van der Waals surface area (Å²) in [5, 5.41) is 3.52. The van der Waals surface area contributed by atoms with Crippen LogP contribution in [0.3, 0.4) is 0 Å². The van der Waals surface area contributed by atoms with Gasteiger partial charge in [-0.2, -0.15) is 4.36 Å². The van der Waals surface area contributed by atoms with Crippen molar-refractivity contribution in [1.82, 2.24) is 0 Å². The molecular formula is C16H24N2OS. The Morgan fingerprint density at radius 2 is 2.05 bits per heavy atom. The molecule has 20 heavy (non-hydrogen) atoms. The number of hydrogen-bond donors (Lipinski definition) is 1. The standard InChI is InChI=1S/C16H24N2OS/c1-20(2,19)18-15-6-4-3-5-14(15)17-12-13-7-8-16(11-13)9-10-16/h3-6,13,17H,7-12H2,1-2H3. The molecule has 2 fully saturated rings. The molecule has 2 aliphatic rings. The van der Waals surface area contributed by atoms with E-state index in [9.17, 15) is 4.21 Å². The number of nitrogens with zero attached hydrogens (tertiary/aromatic N) is 1. The largest absolute Gasteiger partial charge is 0.383 e. The van der Waals surface area contributed by atoms with Crippen molar-refractivity contribution in [3.05, 3.63) is 24.3 Å². The zero-order valence-electron chi connectivity index (χ0n) is 12.4. The van der Waals surface area contributed by atoms with Crippen LogP contribution in [0, 0.1) is 11.3 Å². The van der Waals surface area contributed by atoms with E-state index < -0.39 is 9.73 Å². The monoisotopic (exact) mass is 292 g/mol. The van der Waals surface area contributed by atoms with E-state index in [0.717, 1.165) is 29.3 Å². The maximum atomic E-state index is 11.9. The van der Waals surface area contributed by atoms with Crippen molar-refractivity contribution in [2.45, 2.75) is 32.1 Å². The van der Waals surface area contributed by atoms with Gasteiger partial charge in [0.1, 0.15) is 0 Å². The zero-order chi connectivity index (χ0) is 14.2. The van der Waals surface area contributed by atoms with Crippen LogP contribution in [-0.2, 0) is 9.73 Å². The normalized spacial score (nSPS) is 23.8. The van der Waals surface area contributed by atoms with E-state index in [1.807, 2.05) is 24.3 Å². The average molecular weight is 292 g/mol. The highest BCUT2D eigenvalue weighted by atomic mass is 32.2. The van der Waals surface area contributed by atoms with Crippen LogP contribution >= 0.6 is 0 Å². The first-order valence-electron chi connectivity index (χ1n) is 7.46. The van der Waals surface area contributed by atoms with Crippen LogP contribution in [0.15, 0.2) is 28.6 Å². The second kappa shape index (κ2) is 5.06. The predicted octanol–water partition coefficient (Wildman–Crippen LogP) is 4.04. The first-order valence-corrected chi connectivity index (χ1v) is 9.79. The van der Waals surface area contributed by atoms with Gasteiger partial charge in [0.05, 0.1) is 11.4 Å². The first-order chi connectivity index (χ1) is 9.46. The van der Waals surface area contributed by atoms with E-state index in [4.69, 9.17) is 0 Å².